The van der Waals surface area contributed by atoms with Crippen LogP contribution in [0.2, 0.25) is 0 Å². The Kier molecular flexibility index (Phi) is 4.68. The lowest BCUT2D eigenvalue weighted by Crippen LogP contribution is -2.04. The summed E-state index contributed by atoms with van der Waals surface area (Å²) in [6.07, 6.45) is 9.94. The van der Waals surface area contributed by atoms with Crippen LogP contribution in [0.5, 0.6) is 0 Å². The number of allylic oxidation sites excluding steroid dienone is 2. The topological polar surface area (TPSA) is 37.3 Å². The number of hydrogen-bond acceptors (Lipinski definition) is 4. The van der Waals surface area contributed by atoms with Crippen molar-refractivity contribution in [2.45, 2.75) is 33.1 Å². The Morgan fingerprint density at radius 2 is 2.05 bits per heavy atom. The molecule has 0 amide bonds. The van der Waals surface area contributed by atoms with Crippen molar-refractivity contribution in [1.29, 1.82) is 0 Å². The highest BCUT2D eigenvalue weighted by atomic mass is 32.1. The Hall–Kier alpha value is -1.94. The quantitative estimate of drug-likeness (QED) is 0.480. The van der Waals surface area contributed by atoms with Gasteiger partial charge in [-0.1, -0.05) is 42.0 Å². The van der Waals surface area contributed by atoms with E-state index in [0.717, 1.165) is 29.2 Å². The van der Waals surface area contributed by atoms with Crippen molar-refractivity contribution in [3.63, 3.8) is 0 Å². The third-order valence-electron chi connectivity index (χ3n) is 3.88. The Balaban J connectivity index is 1.68. The molecule has 1 aromatic carbocycles. The van der Waals surface area contributed by atoms with Crippen LogP contribution in [0.15, 0.2) is 41.5 Å². The van der Waals surface area contributed by atoms with E-state index >= 15 is 0 Å². The average Bonchev–Trinajstić information content (AvgIpc) is 2.90. The van der Waals surface area contributed by atoms with Gasteiger partial charge in [-0.25, -0.2) is 4.98 Å². The summed E-state index contributed by atoms with van der Waals surface area (Å²) >= 11 is 1.65. The summed E-state index contributed by atoms with van der Waals surface area (Å²) in [6.45, 7) is 4.20. The van der Waals surface area contributed by atoms with Crippen molar-refractivity contribution < 1.29 is 0 Å². The van der Waals surface area contributed by atoms with Gasteiger partial charge in [0, 0.05) is 16.7 Å². The van der Waals surface area contributed by atoms with E-state index in [-0.39, 0.29) is 0 Å². The summed E-state index contributed by atoms with van der Waals surface area (Å²) in [7, 11) is 0. The molecule has 0 saturated heterocycles. The van der Waals surface area contributed by atoms with Crippen molar-refractivity contribution >= 4 is 22.7 Å². The lowest BCUT2D eigenvalue weighted by Gasteiger charge is -2.11. The fourth-order valence-corrected chi connectivity index (χ4v) is 3.36. The molecule has 0 spiro atoms. The maximum absolute atomic E-state index is 4.67. The van der Waals surface area contributed by atoms with Crippen LogP contribution in [-0.2, 0) is 0 Å². The van der Waals surface area contributed by atoms with Gasteiger partial charge in [-0.2, -0.15) is 5.10 Å². The van der Waals surface area contributed by atoms with E-state index in [2.05, 4.69) is 65.8 Å². The summed E-state index contributed by atoms with van der Waals surface area (Å²) in [4.78, 5) is 5.88. The second kappa shape index (κ2) is 6.88. The molecule has 1 heterocycles. The number of nitrogens with zero attached hydrogens (tertiary/aromatic N) is 2. The van der Waals surface area contributed by atoms with E-state index < -0.39 is 0 Å². The van der Waals surface area contributed by atoms with E-state index in [1.165, 1.54) is 16.9 Å². The SMILES string of the molecule is Cc1ccc(-c2nc(N/N=C\[C@H]3CC=CCC3)sc2C)cc1. The highest BCUT2D eigenvalue weighted by Gasteiger charge is 2.10. The summed E-state index contributed by atoms with van der Waals surface area (Å²) in [5.74, 6) is 0.551. The van der Waals surface area contributed by atoms with E-state index in [1.807, 2.05) is 6.21 Å². The second-order valence-corrected chi connectivity index (χ2v) is 6.93. The van der Waals surface area contributed by atoms with E-state index in [4.69, 9.17) is 0 Å². The number of aromatic nitrogens is 1. The van der Waals surface area contributed by atoms with Gasteiger partial charge in [0.1, 0.15) is 0 Å². The lowest BCUT2D eigenvalue weighted by atomic mass is 9.96. The predicted octanol–water partition coefficient (Wildman–Crippen LogP) is 5.18. The van der Waals surface area contributed by atoms with Crippen molar-refractivity contribution in [1.82, 2.24) is 4.98 Å². The molecule has 3 nitrogen and oxygen atoms in total. The first-order valence-electron chi connectivity index (χ1n) is 7.71. The van der Waals surface area contributed by atoms with Gasteiger partial charge in [0.05, 0.1) is 5.69 Å². The average molecular weight is 311 g/mol. The van der Waals surface area contributed by atoms with Crippen LogP contribution >= 0.6 is 11.3 Å². The molecule has 2 aromatic rings. The highest BCUT2D eigenvalue weighted by Crippen LogP contribution is 2.30. The largest absolute Gasteiger partial charge is 0.253 e. The molecule has 0 radical (unpaired) electrons. The number of rotatable bonds is 4. The second-order valence-electron chi connectivity index (χ2n) is 5.72. The third-order valence-corrected chi connectivity index (χ3v) is 4.75. The normalized spacial score (nSPS) is 18.0. The van der Waals surface area contributed by atoms with Gasteiger partial charge >= 0.3 is 0 Å². The highest BCUT2D eigenvalue weighted by molar-refractivity contribution is 7.15. The third kappa shape index (κ3) is 3.63. The molecule has 4 heteroatoms. The first-order valence-corrected chi connectivity index (χ1v) is 8.52. The number of nitrogens with one attached hydrogen (secondary N) is 1. The molecule has 1 aliphatic carbocycles. The van der Waals surface area contributed by atoms with E-state index in [9.17, 15) is 0 Å². The molecule has 0 aliphatic heterocycles. The summed E-state index contributed by atoms with van der Waals surface area (Å²) in [5, 5.41) is 5.22. The zero-order chi connectivity index (χ0) is 15.4. The molecule has 0 unspecified atom stereocenters. The summed E-state index contributed by atoms with van der Waals surface area (Å²) in [5.41, 5.74) is 6.56. The van der Waals surface area contributed by atoms with Gasteiger partial charge in [0.15, 0.2) is 0 Å². The van der Waals surface area contributed by atoms with E-state index in [1.54, 1.807) is 11.3 Å². The van der Waals surface area contributed by atoms with Crippen LogP contribution in [0, 0.1) is 19.8 Å². The smallest absolute Gasteiger partial charge is 0.204 e. The zero-order valence-corrected chi connectivity index (χ0v) is 13.9. The van der Waals surface area contributed by atoms with Gasteiger partial charge in [-0.15, -0.1) is 11.3 Å². The maximum atomic E-state index is 4.67. The van der Waals surface area contributed by atoms with Gasteiger partial charge in [0.25, 0.3) is 0 Å². The Morgan fingerprint density at radius 1 is 1.23 bits per heavy atom. The molecule has 0 saturated carbocycles. The number of thiazole rings is 1. The standard InChI is InChI=1S/C18H21N3S/c1-13-8-10-16(11-9-13)17-14(2)22-18(20-17)21-19-12-15-6-4-3-5-7-15/h3-4,8-12,15H,5-7H2,1-2H3,(H,20,21)/b19-12-/t15-/m0/s1. The van der Waals surface area contributed by atoms with Crippen LogP contribution < -0.4 is 5.43 Å². The minimum Gasteiger partial charge on any atom is -0.253 e. The Morgan fingerprint density at radius 3 is 2.77 bits per heavy atom. The molecular formula is C18H21N3S. The predicted molar refractivity (Wildman–Crippen MR) is 95.6 cm³/mol. The van der Waals surface area contributed by atoms with Gasteiger partial charge in [-0.05, 0) is 39.0 Å². The first kappa shape index (κ1) is 15.0. The number of hydrogen-bond donors (Lipinski definition) is 1. The Labute approximate surface area is 135 Å². The molecule has 22 heavy (non-hydrogen) atoms. The van der Waals surface area contributed by atoms with Crippen molar-refractivity contribution in [3.05, 3.63) is 46.9 Å². The van der Waals surface area contributed by atoms with Gasteiger partial charge in [-0.3, -0.25) is 5.43 Å². The molecule has 1 atom stereocenters. The van der Waals surface area contributed by atoms with Crippen LogP contribution in [0.25, 0.3) is 11.3 Å². The lowest BCUT2D eigenvalue weighted by molar-refractivity contribution is 0.627. The number of benzene rings is 1. The van der Waals surface area contributed by atoms with E-state index in [0.29, 0.717) is 5.92 Å². The molecule has 0 bridgehead atoms. The number of anilines is 1. The zero-order valence-electron chi connectivity index (χ0n) is 13.0. The molecule has 3 rings (SSSR count). The molecule has 1 aromatic heterocycles. The van der Waals surface area contributed by atoms with Crippen LogP contribution in [0.4, 0.5) is 5.13 Å². The minimum absolute atomic E-state index is 0.551. The van der Waals surface area contributed by atoms with Crippen molar-refractivity contribution in [3.8, 4) is 11.3 Å². The van der Waals surface area contributed by atoms with Gasteiger partial charge < -0.3 is 0 Å². The van der Waals surface area contributed by atoms with Gasteiger partial charge in [0.2, 0.25) is 5.13 Å². The molecule has 0 fully saturated rings. The van der Waals surface area contributed by atoms with Crippen molar-refractivity contribution in [2.75, 3.05) is 5.43 Å². The monoisotopic (exact) mass is 311 g/mol. The molecular weight excluding hydrogens is 290 g/mol. The molecule has 1 aliphatic rings. The van der Waals surface area contributed by atoms with Crippen LogP contribution in [-0.4, -0.2) is 11.2 Å². The molecule has 114 valence electrons. The van der Waals surface area contributed by atoms with Crippen molar-refractivity contribution in [2.24, 2.45) is 11.0 Å². The fraction of sp³-hybridized carbons (Fsp3) is 0.333. The number of hydrazone groups is 1. The summed E-state index contributed by atoms with van der Waals surface area (Å²) in [6, 6.07) is 8.49. The van der Waals surface area contributed by atoms with Crippen LogP contribution in [0.3, 0.4) is 0 Å². The number of aryl methyl sites for hydroxylation is 2. The fourth-order valence-electron chi connectivity index (χ4n) is 2.57. The van der Waals surface area contributed by atoms with Crippen LogP contribution in [0.1, 0.15) is 29.7 Å². The molecule has 1 N–H and O–H groups in total. The Bertz CT molecular complexity index is 683. The summed E-state index contributed by atoms with van der Waals surface area (Å²) < 4.78 is 0. The first-order chi connectivity index (χ1) is 10.7. The maximum Gasteiger partial charge on any atom is 0.204 e. The minimum atomic E-state index is 0.551.